The third kappa shape index (κ3) is 4.02. The second-order valence-corrected chi connectivity index (χ2v) is 8.94. The molecule has 0 radical (unpaired) electrons. The molecule has 168 valence electrons. The van der Waals surface area contributed by atoms with Crippen LogP contribution < -0.4 is 19.5 Å². The first-order valence-electron chi connectivity index (χ1n) is 10.5. The molecule has 0 spiro atoms. The zero-order chi connectivity index (χ0) is 23.0. The van der Waals surface area contributed by atoms with Gasteiger partial charge in [-0.2, -0.15) is 0 Å². The Bertz CT molecular complexity index is 1100. The van der Waals surface area contributed by atoms with Gasteiger partial charge in [0.2, 0.25) is 0 Å². The molecule has 0 saturated carbocycles. The molecule has 0 saturated heterocycles. The Morgan fingerprint density at radius 2 is 1.75 bits per heavy atom. The molecule has 2 N–H and O–H groups in total. The molecule has 0 bridgehead atoms. The maximum atomic E-state index is 13.3. The van der Waals surface area contributed by atoms with Crippen LogP contribution in [0.5, 0.6) is 17.2 Å². The number of hydrogen-bond acceptors (Lipinski definition) is 6. The zero-order valence-electron chi connectivity index (χ0n) is 18.7. The zero-order valence-corrected chi connectivity index (χ0v) is 18.7. The van der Waals surface area contributed by atoms with Crippen molar-refractivity contribution in [3.63, 3.8) is 0 Å². The fourth-order valence-corrected chi connectivity index (χ4v) is 4.59. The highest BCUT2D eigenvalue weighted by atomic mass is 16.5. The molecule has 2 aromatic carbocycles. The van der Waals surface area contributed by atoms with Crippen LogP contribution in [0.1, 0.15) is 43.7 Å². The van der Waals surface area contributed by atoms with Crippen molar-refractivity contribution in [1.29, 1.82) is 0 Å². The molecule has 0 fully saturated rings. The van der Waals surface area contributed by atoms with Gasteiger partial charge >= 0.3 is 5.97 Å². The molecule has 2 aromatic rings. The fourth-order valence-electron chi connectivity index (χ4n) is 4.59. The third-order valence-corrected chi connectivity index (χ3v) is 5.94. The predicted octanol–water partition coefficient (Wildman–Crippen LogP) is 4.37. The van der Waals surface area contributed by atoms with Gasteiger partial charge in [0.25, 0.3) is 0 Å². The smallest absolute Gasteiger partial charge is 0.341 e. The van der Waals surface area contributed by atoms with Crippen LogP contribution in [-0.2, 0) is 9.59 Å². The molecule has 0 aromatic heterocycles. The topological polar surface area (TPSA) is 94.1 Å². The van der Waals surface area contributed by atoms with Gasteiger partial charge in [0.05, 0.1) is 14.2 Å². The van der Waals surface area contributed by atoms with Crippen molar-refractivity contribution in [2.45, 2.75) is 32.6 Å². The maximum Gasteiger partial charge on any atom is 0.341 e. The molecule has 1 atom stereocenters. The molecule has 0 amide bonds. The molecule has 1 heterocycles. The molecule has 1 aliphatic carbocycles. The van der Waals surface area contributed by atoms with Crippen molar-refractivity contribution in [2.24, 2.45) is 5.41 Å². The summed E-state index contributed by atoms with van der Waals surface area (Å²) < 4.78 is 16.3. The number of nitrogens with one attached hydrogen (secondary N) is 1. The molecule has 32 heavy (non-hydrogen) atoms. The van der Waals surface area contributed by atoms with E-state index < -0.39 is 12.6 Å². The lowest BCUT2D eigenvalue weighted by molar-refractivity contribution is -0.139. The molecular formula is C25H27NO6. The van der Waals surface area contributed by atoms with Crippen LogP contribution in [0.4, 0.5) is 5.69 Å². The standard InChI is InChI=1S/C25H27NO6/c1-25(2)11-18-24(19(27)12-25)23(14-5-7-15(8-6-14)32-13-22(28)29)16-9-20(30-3)21(31-4)10-17(16)26-18/h5-10,23,26H,11-13H2,1-4H3,(H,28,29). The number of ether oxygens (including phenoxy) is 3. The molecule has 1 unspecified atom stereocenters. The van der Waals surface area contributed by atoms with E-state index in [1.807, 2.05) is 24.3 Å². The Morgan fingerprint density at radius 3 is 2.38 bits per heavy atom. The second-order valence-electron chi connectivity index (χ2n) is 8.94. The maximum absolute atomic E-state index is 13.3. The van der Waals surface area contributed by atoms with E-state index in [0.717, 1.165) is 34.5 Å². The Balaban J connectivity index is 1.83. The summed E-state index contributed by atoms with van der Waals surface area (Å²) in [6, 6.07) is 11.0. The van der Waals surface area contributed by atoms with Crippen molar-refractivity contribution in [1.82, 2.24) is 0 Å². The van der Waals surface area contributed by atoms with Crippen LogP contribution in [0.2, 0.25) is 0 Å². The summed E-state index contributed by atoms with van der Waals surface area (Å²) in [5.74, 6) is 0.474. The fraction of sp³-hybridized carbons (Fsp3) is 0.360. The normalized spacial score (nSPS) is 18.9. The van der Waals surface area contributed by atoms with Gasteiger partial charge in [0, 0.05) is 35.4 Å². The van der Waals surface area contributed by atoms with Crippen LogP contribution in [-0.4, -0.2) is 37.7 Å². The van der Waals surface area contributed by atoms with Gasteiger partial charge in [-0.15, -0.1) is 0 Å². The lowest BCUT2D eigenvalue weighted by atomic mass is 9.68. The number of anilines is 1. The number of hydrogen-bond donors (Lipinski definition) is 2. The number of benzene rings is 2. The minimum absolute atomic E-state index is 0.125. The quantitative estimate of drug-likeness (QED) is 0.693. The van der Waals surface area contributed by atoms with E-state index >= 15 is 0 Å². The lowest BCUT2D eigenvalue weighted by Crippen LogP contribution is -2.33. The molecule has 7 heteroatoms. The monoisotopic (exact) mass is 437 g/mol. The number of fused-ring (bicyclic) bond motifs is 1. The number of carboxylic acids is 1. The third-order valence-electron chi connectivity index (χ3n) is 5.94. The van der Waals surface area contributed by atoms with Crippen molar-refractivity contribution >= 4 is 17.4 Å². The van der Waals surface area contributed by atoms with Gasteiger partial charge in [-0.1, -0.05) is 26.0 Å². The van der Waals surface area contributed by atoms with Crippen LogP contribution in [0.3, 0.4) is 0 Å². The Kier molecular flexibility index (Phi) is 5.59. The molecule has 2 aliphatic rings. The number of aliphatic carboxylic acids is 1. The van der Waals surface area contributed by atoms with Gasteiger partial charge in [-0.25, -0.2) is 4.79 Å². The Labute approximate surface area is 187 Å². The van der Waals surface area contributed by atoms with E-state index in [1.165, 1.54) is 0 Å². The SMILES string of the molecule is COc1cc2c(cc1OC)C(c1ccc(OCC(=O)O)cc1)C1=C(CC(C)(C)CC1=O)N2. The number of Topliss-reactive ketones (excluding diaryl/α,β-unsaturated/α-hetero) is 1. The second kappa shape index (κ2) is 8.22. The van der Waals surface area contributed by atoms with Gasteiger partial charge in [0.15, 0.2) is 23.9 Å². The number of allylic oxidation sites excluding steroid dienone is 2. The predicted molar refractivity (Wildman–Crippen MR) is 120 cm³/mol. The summed E-state index contributed by atoms with van der Waals surface area (Å²) in [7, 11) is 3.18. The average Bonchev–Trinajstić information content (AvgIpc) is 2.74. The first-order valence-corrected chi connectivity index (χ1v) is 10.5. The van der Waals surface area contributed by atoms with Crippen LogP contribution in [0.25, 0.3) is 0 Å². The summed E-state index contributed by atoms with van der Waals surface area (Å²) in [5.41, 5.74) is 4.29. The van der Waals surface area contributed by atoms with Gasteiger partial charge < -0.3 is 24.6 Å². The van der Waals surface area contributed by atoms with E-state index in [2.05, 4.69) is 19.2 Å². The minimum atomic E-state index is -1.03. The molecular weight excluding hydrogens is 410 g/mol. The van der Waals surface area contributed by atoms with Crippen molar-refractivity contribution in [2.75, 3.05) is 26.1 Å². The van der Waals surface area contributed by atoms with Gasteiger partial charge in [0.1, 0.15) is 5.75 Å². The van der Waals surface area contributed by atoms with Gasteiger partial charge in [-0.3, -0.25) is 4.79 Å². The molecule has 7 nitrogen and oxygen atoms in total. The average molecular weight is 437 g/mol. The highest BCUT2D eigenvalue weighted by Crippen LogP contribution is 2.51. The molecule has 4 rings (SSSR count). The summed E-state index contributed by atoms with van der Waals surface area (Å²) in [6.07, 6.45) is 1.24. The highest BCUT2D eigenvalue weighted by molar-refractivity contribution is 6.01. The summed E-state index contributed by atoms with van der Waals surface area (Å²) in [4.78, 5) is 24.1. The lowest BCUT2D eigenvalue weighted by Gasteiger charge is -2.39. The van der Waals surface area contributed by atoms with Crippen molar-refractivity contribution < 1.29 is 28.9 Å². The Hall–Kier alpha value is -3.48. The summed E-state index contributed by atoms with van der Waals surface area (Å²) in [5, 5.41) is 12.3. The number of methoxy groups -OCH3 is 2. The Morgan fingerprint density at radius 1 is 1.09 bits per heavy atom. The number of carbonyl (C=O) groups excluding carboxylic acids is 1. The van der Waals surface area contributed by atoms with E-state index in [1.54, 1.807) is 26.4 Å². The van der Waals surface area contributed by atoms with E-state index in [4.69, 9.17) is 19.3 Å². The largest absolute Gasteiger partial charge is 0.493 e. The molecule has 1 aliphatic heterocycles. The number of rotatable bonds is 6. The van der Waals surface area contributed by atoms with Crippen LogP contribution in [0.15, 0.2) is 47.7 Å². The first-order chi connectivity index (χ1) is 15.2. The summed E-state index contributed by atoms with van der Waals surface area (Å²) in [6.45, 7) is 3.80. The van der Waals surface area contributed by atoms with Crippen LogP contribution in [0, 0.1) is 5.41 Å². The number of carboxylic acid groups (broad SMARTS) is 1. The van der Waals surface area contributed by atoms with Crippen molar-refractivity contribution in [3.05, 3.63) is 58.8 Å². The highest BCUT2D eigenvalue weighted by Gasteiger charge is 2.41. The minimum Gasteiger partial charge on any atom is -0.493 e. The van der Waals surface area contributed by atoms with Crippen molar-refractivity contribution in [3.8, 4) is 17.2 Å². The van der Waals surface area contributed by atoms with E-state index in [0.29, 0.717) is 23.7 Å². The number of ketones is 1. The van der Waals surface area contributed by atoms with Gasteiger partial charge in [-0.05, 0) is 41.2 Å². The summed E-state index contributed by atoms with van der Waals surface area (Å²) >= 11 is 0. The van der Waals surface area contributed by atoms with Crippen LogP contribution >= 0.6 is 0 Å². The van der Waals surface area contributed by atoms with E-state index in [-0.39, 0.29) is 17.1 Å². The first kappa shape index (κ1) is 21.7. The number of carbonyl (C=O) groups is 2. The van der Waals surface area contributed by atoms with E-state index in [9.17, 15) is 9.59 Å².